The van der Waals surface area contributed by atoms with E-state index in [1.54, 1.807) is 17.4 Å². The normalized spacial score (nSPS) is 12.4. The molecule has 2 nitrogen and oxygen atoms in total. The minimum Gasteiger partial charge on any atom is -0.319 e. The molecule has 2 rings (SSSR count). The number of rotatable bonds is 2. The predicted molar refractivity (Wildman–Crippen MR) is 74.1 cm³/mol. The minimum atomic E-state index is -0.422. The summed E-state index contributed by atoms with van der Waals surface area (Å²) in [6.45, 7) is 6.26. The van der Waals surface area contributed by atoms with Gasteiger partial charge in [-0.15, -0.1) is 11.3 Å². The van der Waals surface area contributed by atoms with Gasteiger partial charge in [0.15, 0.2) is 4.80 Å². The Morgan fingerprint density at radius 3 is 2.72 bits per heavy atom. The molecule has 0 fully saturated rings. The number of benzene rings is 1. The lowest BCUT2D eigenvalue weighted by molar-refractivity contribution is 0.570. The summed E-state index contributed by atoms with van der Waals surface area (Å²) in [5.41, 5.74) is 1.83. The Bertz CT molecular complexity index is 628. The van der Waals surface area contributed by atoms with Gasteiger partial charge in [0.2, 0.25) is 0 Å². The van der Waals surface area contributed by atoms with Crippen LogP contribution in [-0.4, -0.2) is 4.57 Å². The van der Waals surface area contributed by atoms with Gasteiger partial charge in [-0.25, -0.2) is 9.38 Å². The average molecular weight is 285 g/mol. The number of halogens is 2. The van der Waals surface area contributed by atoms with Crippen LogP contribution in [0.25, 0.3) is 0 Å². The Balaban J connectivity index is 2.54. The molecule has 5 heteroatoms. The highest BCUT2D eigenvalue weighted by atomic mass is 35.5. The first-order valence-electron chi connectivity index (χ1n) is 5.65. The van der Waals surface area contributed by atoms with E-state index in [1.165, 1.54) is 17.8 Å². The van der Waals surface area contributed by atoms with Gasteiger partial charge in [0.25, 0.3) is 0 Å². The fraction of sp³-hybridized carbons (Fsp3) is 0.308. The highest BCUT2D eigenvalue weighted by Gasteiger charge is 2.05. The van der Waals surface area contributed by atoms with Gasteiger partial charge in [-0.3, -0.25) is 0 Å². The van der Waals surface area contributed by atoms with E-state index in [9.17, 15) is 4.39 Å². The summed E-state index contributed by atoms with van der Waals surface area (Å²) in [6, 6.07) is 4.84. The van der Waals surface area contributed by atoms with E-state index in [0.29, 0.717) is 11.7 Å². The van der Waals surface area contributed by atoms with Crippen molar-refractivity contribution in [3.63, 3.8) is 0 Å². The molecule has 0 atom stereocenters. The predicted octanol–water partition coefficient (Wildman–Crippen LogP) is 4.46. The van der Waals surface area contributed by atoms with Gasteiger partial charge >= 0.3 is 0 Å². The third kappa shape index (κ3) is 2.65. The largest absolute Gasteiger partial charge is 0.319 e. The molecule has 0 radical (unpaired) electrons. The van der Waals surface area contributed by atoms with Gasteiger partial charge in [-0.1, -0.05) is 11.6 Å². The van der Waals surface area contributed by atoms with Crippen LogP contribution in [0.1, 0.15) is 25.6 Å². The second kappa shape index (κ2) is 5.24. The fourth-order valence-corrected chi connectivity index (χ4v) is 2.97. The molecule has 0 N–H and O–H groups in total. The lowest BCUT2D eigenvalue weighted by Gasteiger charge is -2.09. The molecule has 0 aliphatic heterocycles. The van der Waals surface area contributed by atoms with Crippen LogP contribution in [0.5, 0.6) is 0 Å². The van der Waals surface area contributed by atoms with Crippen molar-refractivity contribution < 1.29 is 4.39 Å². The lowest BCUT2D eigenvalue weighted by atomic mass is 10.3. The Morgan fingerprint density at radius 2 is 2.11 bits per heavy atom. The minimum absolute atomic E-state index is 0.0978. The molecule has 0 aliphatic rings. The molecule has 2 aromatic rings. The molecule has 1 heterocycles. The number of nitrogens with zero attached hydrogens (tertiary/aromatic N) is 2. The van der Waals surface area contributed by atoms with Crippen molar-refractivity contribution in [2.24, 2.45) is 4.99 Å². The van der Waals surface area contributed by atoms with Crippen LogP contribution in [-0.2, 0) is 0 Å². The summed E-state index contributed by atoms with van der Waals surface area (Å²) in [5.74, 6) is -0.422. The van der Waals surface area contributed by atoms with E-state index in [-0.39, 0.29) is 5.02 Å². The molecule has 1 aromatic carbocycles. The molecule has 1 aromatic heterocycles. The first-order chi connectivity index (χ1) is 8.49. The first-order valence-corrected chi connectivity index (χ1v) is 6.91. The maximum atomic E-state index is 13.1. The first kappa shape index (κ1) is 13.3. The van der Waals surface area contributed by atoms with E-state index in [0.717, 1.165) is 4.80 Å². The summed E-state index contributed by atoms with van der Waals surface area (Å²) in [6.07, 6.45) is 0. The van der Waals surface area contributed by atoms with Gasteiger partial charge in [-0.2, -0.15) is 0 Å². The van der Waals surface area contributed by atoms with Crippen molar-refractivity contribution in [3.05, 3.63) is 44.9 Å². The average Bonchev–Trinajstić information content (AvgIpc) is 2.65. The molecule has 0 aliphatic carbocycles. The van der Waals surface area contributed by atoms with E-state index in [4.69, 9.17) is 11.6 Å². The number of hydrogen-bond donors (Lipinski definition) is 0. The number of aryl methyl sites for hydroxylation is 1. The van der Waals surface area contributed by atoms with Crippen LogP contribution in [0.4, 0.5) is 10.1 Å². The van der Waals surface area contributed by atoms with Crippen molar-refractivity contribution in [3.8, 4) is 0 Å². The number of thiazole rings is 1. The quantitative estimate of drug-likeness (QED) is 0.774. The smallest absolute Gasteiger partial charge is 0.190 e. The molecule has 0 bridgehead atoms. The molecule has 0 saturated heterocycles. The van der Waals surface area contributed by atoms with E-state index in [2.05, 4.69) is 28.8 Å². The Labute approximate surface area is 114 Å². The Hall–Kier alpha value is -1.13. The summed E-state index contributed by atoms with van der Waals surface area (Å²) >= 11 is 7.32. The van der Waals surface area contributed by atoms with Crippen LogP contribution < -0.4 is 4.80 Å². The zero-order chi connectivity index (χ0) is 13.3. The molecule has 96 valence electrons. The lowest BCUT2D eigenvalue weighted by Crippen LogP contribution is -2.17. The highest BCUT2D eigenvalue weighted by molar-refractivity contribution is 7.07. The van der Waals surface area contributed by atoms with Gasteiger partial charge in [0, 0.05) is 17.1 Å². The van der Waals surface area contributed by atoms with Crippen LogP contribution in [0.15, 0.2) is 28.6 Å². The summed E-state index contributed by atoms with van der Waals surface area (Å²) < 4.78 is 15.2. The van der Waals surface area contributed by atoms with Crippen LogP contribution in [0, 0.1) is 12.7 Å². The second-order valence-corrected chi connectivity index (χ2v) is 5.58. The van der Waals surface area contributed by atoms with Crippen LogP contribution in [0.2, 0.25) is 5.02 Å². The molecular formula is C13H14ClFN2S. The Kier molecular flexibility index (Phi) is 3.88. The van der Waals surface area contributed by atoms with Crippen molar-refractivity contribution in [1.82, 2.24) is 4.57 Å². The summed E-state index contributed by atoms with van der Waals surface area (Å²) in [5, 5.41) is 2.16. The molecule has 0 unspecified atom stereocenters. The van der Waals surface area contributed by atoms with Gasteiger partial charge < -0.3 is 4.57 Å². The zero-order valence-electron chi connectivity index (χ0n) is 10.4. The van der Waals surface area contributed by atoms with Gasteiger partial charge in [0.05, 0.1) is 10.7 Å². The maximum Gasteiger partial charge on any atom is 0.190 e. The zero-order valence-corrected chi connectivity index (χ0v) is 12.0. The molecule has 0 saturated carbocycles. The molecule has 18 heavy (non-hydrogen) atoms. The standard InChI is InChI=1S/C13H14ClFN2S/c1-8(2)17-9(3)7-18-13(17)16-10-4-5-12(15)11(14)6-10/h4-8H,1-3H3. The van der Waals surface area contributed by atoms with Crippen LogP contribution >= 0.6 is 22.9 Å². The number of aromatic nitrogens is 1. The van der Waals surface area contributed by atoms with Crippen molar-refractivity contribution in [1.29, 1.82) is 0 Å². The van der Waals surface area contributed by atoms with Crippen molar-refractivity contribution in [2.75, 3.05) is 0 Å². The second-order valence-electron chi connectivity index (χ2n) is 4.33. The molecule has 0 spiro atoms. The highest BCUT2D eigenvalue weighted by Crippen LogP contribution is 2.21. The third-order valence-electron chi connectivity index (χ3n) is 2.57. The summed E-state index contributed by atoms with van der Waals surface area (Å²) in [7, 11) is 0. The van der Waals surface area contributed by atoms with E-state index < -0.39 is 5.82 Å². The van der Waals surface area contributed by atoms with E-state index >= 15 is 0 Å². The molecular weight excluding hydrogens is 271 g/mol. The van der Waals surface area contributed by atoms with Crippen molar-refractivity contribution >= 4 is 28.6 Å². The monoisotopic (exact) mass is 284 g/mol. The summed E-state index contributed by atoms with van der Waals surface area (Å²) in [4.78, 5) is 5.41. The maximum absolute atomic E-state index is 13.1. The van der Waals surface area contributed by atoms with E-state index in [1.807, 2.05) is 6.92 Å². The third-order valence-corrected chi connectivity index (χ3v) is 3.81. The number of hydrogen-bond acceptors (Lipinski definition) is 2. The van der Waals surface area contributed by atoms with Gasteiger partial charge in [0.1, 0.15) is 5.82 Å². The SMILES string of the molecule is Cc1csc(=Nc2ccc(F)c(Cl)c2)n1C(C)C. The van der Waals surface area contributed by atoms with Gasteiger partial charge in [-0.05, 0) is 39.0 Å². The molecule has 0 amide bonds. The van der Waals surface area contributed by atoms with Crippen LogP contribution in [0.3, 0.4) is 0 Å². The Morgan fingerprint density at radius 1 is 1.39 bits per heavy atom. The topological polar surface area (TPSA) is 17.3 Å². The van der Waals surface area contributed by atoms with Crippen molar-refractivity contribution in [2.45, 2.75) is 26.8 Å². The fourth-order valence-electron chi connectivity index (χ4n) is 1.78.